The molecule has 0 fully saturated rings. The Balaban J connectivity index is 2.88. The van der Waals surface area contributed by atoms with E-state index in [0.29, 0.717) is 0 Å². The molecule has 0 aromatic rings. The molecule has 0 atom stereocenters. The maximum atomic E-state index is 12.6. The van der Waals surface area contributed by atoms with Crippen LogP contribution in [0.25, 0.3) is 0 Å². The molecule has 1 rings (SSSR count). The first kappa shape index (κ1) is 6.53. The van der Waals surface area contributed by atoms with Crippen LogP contribution in [-0.2, 0) is 0 Å². The molecule has 9 heavy (non-hydrogen) atoms. The van der Waals surface area contributed by atoms with Crippen molar-refractivity contribution in [3.63, 3.8) is 0 Å². The number of hydrogen-bond donors (Lipinski definition) is 0. The summed E-state index contributed by atoms with van der Waals surface area (Å²) in [5, 5.41) is 0. The van der Waals surface area contributed by atoms with E-state index >= 15 is 0 Å². The highest BCUT2D eigenvalue weighted by atomic mass is 19.1. The fraction of sp³-hybridized carbons (Fsp3) is 0.500. The molecule has 0 spiro atoms. The van der Waals surface area contributed by atoms with Gasteiger partial charge in [0.15, 0.2) is 0 Å². The number of hydrogen-bond acceptors (Lipinski definition) is 0. The Morgan fingerprint density at radius 2 is 2.11 bits per heavy atom. The van der Waals surface area contributed by atoms with Gasteiger partial charge in [-0.15, -0.1) is 0 Å². The minimum absolute atomic E-state index is 0.0289. The van der Waals surface area contributed by atoms with Gasteiger partial charge in [0, 0.05) is 0 Å². The summed E-state index contributed by atoms with van der Waals surface area (Å²) in [6.45, 7) is 3.82. The van der Waals surface area contributed by atoms with Crippen molar-refractivity contribution < 1.29 is 4.39 Å². The number of allylic oxidation sites excluding steroid dienone is 4. The van der Waals surface area contributed by atoms with Crippen molar-refractivity contribution in [2.24, 2.45) is 0 Å². The zero-order valence-electron chi connectivity index (χ0n) is 5.87. The zero-order chi connectivity index (χ0) is 6.85. The third kappa shape index (κ3) is 1.21. The lowest BCUT2D eigenvalue weighted by Crippen LogP contribution is -1.91. The molecule has 0 N–H and O–H groups in total. The standard InChI is InChI=1S/C8H11F/c1-6-4-3-5-8(9)7(6)2/h5H,3-4H2,1-2H3. The van der Waals surface area contributed by atoms with Crippen molar-refractivity contribution in [1.29, 1.82) is 0 Å². The number of rotatable bonds is 0. The largest absolute Gasteiger partial charge is 0.207 e. The summed E-state index contributed by atoms with van der Waals surface area (Å²) in [5.41, 5.74) is 2.02. The predicted octanol–water partition coefficient (Wildman–Crippen LogP) is 2.97. The quantitative estimate of drug-likeness (QED) is 0.468. The molecule has 0 nitrogen and oxygen atoms in total. The van der Waals surface area contributed by atoms with Crippen LogP contribution in [0.3, 0.4) is 0 Å². The van der Waals surface area contributed by atoms with Gasteiger partial charge in [-0.25, -0.2) is 4.39 Å². The van der Waals surface area contributed by atoms with Crippen molar-refractivity contribution in [3.05, 3.63) is 23.0 Å². The van der Waals surface area contributed by atoms with Crippen LogP contribution >= 0.6 is 0 Å². The van der Waals surface area contributed by atoms with E-state index in [4.69, 9.17) is 0 Å². The van der Waals surface area contributed by atoms with E-state index < -0.39 is 0 Å². The summed E-state index contributed by atoms with van der Waals surface area (Å²) in [4.78, 5) is 0. The Morgan fingerprint density at radius 1 is 1.44 bits per heavy atom. The molecule has 0 amide bonds. The van der Waals surface area contributed by atoms with Gasteiger partial charge in [-0.05, 0) is 38.3 Å². The fourth-order valence-electron chi connectivity index (χ4n) is 0.960. The summed E-state index contributed by atoms with van der Waals surface area (Å²) in [5.74, 6) is -0.0289. The van der Waals surface area contributed by atoms with Crippen LogP contribution in [0.2, 0.25) is 0 Å². The molecule has 1 heteroatoms. The molecule has 1 aliphatic rings. The SMILES string of the molecule is CC1=C(C)C(F)=CCC1. The Kier molecular flexibility index (Phi) is 1.70. The van der Waals surface area contributed by atoms with Gasteiger partial charge in [0.25, 0.3) is 0 Å². The first-order valence-corrected chi connectivity index (χ1v) is 3.24. The number of halogens is 1. The second-order valence-electron chi connectivity index (χ2n) is 2.50. The Bertz CT molecular complexity index is 175. The Morgan fingerprint density at radius 3 is 2.56 bits per heavy atom. The minimum Gasteiger partial charge on any atom is -0.207 e. The monoisotopic (exact) mass is 126 g/mol. The smallest absolute Gasteiger partial charge is 0.122 e. The van der Waals surface area contributed by atoms with E-state index in [2.05, 4.69) is 0 Å². The van der Waals surface area contributed by atoms with E-state index in [1.807, 2.05) is 13.8 Å². The summed E-state index contributed by atoms with van der Waals surface area (Å²) < 4.78 is 12.6. The topological polar surface area (TPSA) is 0 Å². The second kappa shape index (κ2) is 2.34. The molecular weight excluding hydrogens is 115 g/mol. The van der Waals surface area contributed by atoms with Crippen molar-refractivity contribution in [1.82, 2.24) is 0 Å². The highest BCUT2D eigenvalue weighted by Gasteiger charge is 2.06. The molecule has 0 radical (unpaired) electrons. The van der Waals surface area contributed by atoms with Gasteiger partial charge in [-0.2, -0.15) is 0 Å². The highest BCUT2D eigenvalue weighted by Crippen LogP contribution is 2.24. The average molecular weight is 126 g/mol. The summed E-state index contributed by atoms with van der Waals surface area (Å²) in [6.07, 6.45) is 3.55. The molecule has 0 bridgehead atoms. The van der Waals surface area contributed by atoms with E-state index in [9.17, 15) is 4.39 Å². The molecule has 0 heterocycles. The predicted molar refractivity (Wildman–Crippen MR) is 36.8 cm³/mol. The average Bonchev–Trinajstić information content (AvgIpc) is 1.83. The lowest BCUT2D eigenvalue weighted by molar-refractivity contribution is 0.629. The van der Waals surface area contributed by atoms with E-state index in [1.54, 1.807) is 6.08 Å². The third-order valence-corrected chi connectivity index (χ3v) is 1.84. The van der Waals surface area contributed by atoms with Gasteiger partial charge in [0.1, 0.15) is 5.83 Å². The van der Waals surface area contributed by atoms with Gasteiger partial charge in [-0.3, -0.25) is 0 Å². The first-order chi connectivity index (χ1) is 4.22. The molecule has 1 aliphatic carbocycles. The molecule has 50 valence electrons. The molecule has 0 saturated carbocycles. The summed E-state index contributed by atoms with van der Waals surface area (Å²) >= 11 is 0. The molecule has 0 unspecified atom stereocenters. The van der Waals surface area contributed by atoms with Gasteiger partial charge >= 0.3 is 0 Å². The molecule has 0 aliphatic heterocycles. The summed E-state index contributed by atoms with van der Waals surface area (Å²) in [7, 11) is 0. The van der Waals surface area contributed by atoms with Crippen LogP contribution in [0.1, 0.15) is 26.7 Å². The highest BCUT2D eigenvalue weighted by molar-refractivity contribution is 5.31. The van der Waals surface area contributed by atoms with Crippen molar-refractivity contribution in [2.75, 3.05) is 0 Å². The van der Waals surface area contributed by atoms with Gasteiger partial charge in [0.05, 0.1) is 0 Å². The van der Waals surface area contributed by atoms with Crippen LogP contribution in [0, 0.1) is 0 Å². The maximum absolute atomic E-state index is 12.6. The molecule has 0 aromatic carbocycles. The lowest BCUT2D eigenvalue weighted by Gasteiger charge is -2.09. The lowest BCUT2D eigenvalue weighted by atomic mass is 10.00. The van der Waals surface area contributed by atoms with Gasteiger partial charge in [0.2, 0.25) is 0 Å². The van der Waals surface area contributed by atoms with E-state index in [0.717, 1.165) is 18.4 Å². The second-order valence-corrected chi connectivity index (χ2v) is 2.50. The van der Waals surface area contributed by atoms with Gasteiger partial charge < -0.3 is 0 Å². The third-order valence-electron chi connectivity index (χ3n) is 1.84. The minimum atomic E-state index is -0.0289. The molecule has 0 saturated heterocycles. The normalized spacial score (nSPS) is 20.1. The maximum Gasteiger partial charge on any atom is 0.122 e. The zero-order valence-corrected chi connectivity index (χ0v) is 5.87. The summed E-state index contributed by atoms with van der Waals surface area (Å²) in [6, 6.07) is 0. The van der Waals surface area contributed by atoms with Crippen LogP contribution in [-0.4, -0.2) is 0 Å². The first-order valence-electron chi connectivity index (χ1n) is 3.24. The van der Waals surface area contributed by atoms with Crippen molar-refractivity contribution >= 4 is 0 Å². The van der Waals surface area contributed by atoms with Crippen LogP contribution in [0.5, 0.6) is 0 Å². The van der Waals surface area contributed by atoms with Crippen LogP contribution < -0.4 is 0 Å². The van der Waals surface area contributed by atoms with Crippen LogP contribution in [0.4, 0.5) is 4.39 Å². The van der Waals surface area contributed by atoms with Crippen molar-refractivity contribution in [3.8, 4) is 0 Å². The Hall–Kier alpha value is -0.590. The Labute approximate surface area is 55.1 Å². The fourth-order valence-corrected chi connectivity index (χ4v) is 0.960. The van der Waals surface area contributed by atoms with Crippen molar-refractivity contribution in [2.45, 2.75) is 26.7 Å². The molecule has 0 aromatic heterocycles. The van der Waals surface area contributed by atoms with E-state index in [-0.39, 0.29) is 5.83 Å². The molecular formula is C8H11F. The van der Waals surface area contributed by atoms with Gasteiger partial charge in [-0.1, -0.05) is 5.57 Å². The van der Waals surface area contributed by atoms with E-state index in [1.165, 1.54) is 5.57 Å². The van der Waals surface area contributed by atoms with Crippen LogP contribution in [0.15, 0.2) is 23.0 Å².